The van der Waals surface area contributed by atoms with Gasteiger partial charge in [-0.1, -0.05) is 6.07 Å². The van der Waals surface area contributed by atoms with E-state index in [1.54, 1.807) is 29.5 Å². The molecule has 1 fully saturated rings. The van der Waals surface area contributed by atoms with Crippen molar-refractivity contribution in [3.05, 3.63) is 52.7 Å². The molecular formula is C18H21N3O3S2. The zero-order valence-electron chi connectivity index (χ0n) is 14.5. The Balaban J connectivity index is 1.63. The van der Waals surface area contributed by atoms with Gasteiger partial charge in [0, 0.05) is 42.8 Å². The van der Waals surface area contributed by atoms with Crippen LogP contribution < -0.4 is 5.32 Å². The second kappa shape index (κ2) is 8.13. The second-order valence-electron chi connectivity index (χ2n) is 6.07. The minimum absolute atomic E-state index is 0.245. The number of nitrogens with zero attached hydrogens (tertiary/aromatic N) is 2. The van der Waals surface area contributed by atoms with Crippen molar-refractivity contribution in [2.75, 3.05) is 38.5 Å². The maximum absolute atomic E-state index is 12.7. The molecule has 0 bridgehead atoms. The van der Waals surface area contributed by atoms with E-state index in [9.17, 15) is 13.2 Å². The largest absolute Gasteiger partial charge is 0.323 e. The van der Waals surface area contributed by atoms with Gasteiger partial charge in [-0.05, 0) is 48.8 Å². The van der Waals surface area contributed by atoms with Crippen molar-refractivity contribution in [1.82, 2.24) is 9.21 Å². The van der Waals surface area contributed by atoms with Gasteiger partial charge in [0.05, 0.1) is 4.90 Å². The lowest BCUT2D eigenvalue weighted by Crippen LogP contribution is -2.46. The molecule has 0 spiro atoms. The van der Waals surface area contributed by atoms with E-state index in [2.05, 4.69) is 10.2 Å². The molecule has 8 heteroatoms. The first-order chi connectivity index (χ1) is 12.4. The smallest absolute Gasteiger partial charge is 0.248 e. The third kappa shape index (κ3) is 4.59. The first-order valence-corrected chi connectivity index (χ1v) is 10.6. The van der Waals surface area contributed by atoms with Gasteiger partial charge in [0.2, 0.25) is 15.9 Å². The van der Waals surface area contributed by atoms with Crippen LogP contribution in [0.2, 0.25) is 0 Å². The van der Waals surface area contributed by atoms with Crippen LogP contribution in [0.1, 0.15) is 4.88 Å². The lowest BCUT2D eigenvalue weighted by atomic mass is 10.3. The van der Waals surface area contributed by atoms with Crippen LogP contribution in [0, 0.1) is 0 Å². The van der Waals surface area contributed by atoms with Gasteiger partial charge in [-0.15, -0.1) is 11.3 Å². The summed E-state index contributed by atoms with van der Waals surface area (Å²) in [7, 11) is -1.51. The van der Waals surface area contributed by atoms with Crippen molar-refractivity contribution < 1.29 is 13.2 Å². The first kappa shape index (κ1) is 18.8. The summed E-state index contributed by atoms with van der Waals surface area (Å²) < 4.78 is 26.8. The molecule has 0 radical (unpaired) electrons. The molecule has 1 aliphatic rings. The Bertz CT molecular complexity index is 867. The Kier molecular flexibility index (Phi) is 5.87. The Morgan fingerprint density at radius 3 is 2.42 bits per heavy atom. The van der Waals surface area contributed by atoms with Crippen LogP contribution in [0.5, 0.6) is 0 Å². The van der Waals surface area contributed by atoms with Crippen LogP contribution in [0.25, 0.3) is 6.08 Å². The van der Waals surface area contributed by atoms with E-state index < -0.39 is 10.0 Å². The molecule has 1 aliphatic heterocycles. The van der Waals surface area contributed by atoms with Crippen molar-refractivity contribution in [3.8, 4) is 0 Å². The predicted molar refractivity (Wildman–Crippen MR) is 105 cm³/mol. The number of thiophene rings is 1. The third-order valence-electron chi connectivity index (χ3n) is 4.16. The van der Waals surface area contributed by atoms with Crippen molar-refractivity contribution in [2.45, 2.75) is 4.90 Å². The van der Waals surface area contributed by atoms with Crippen LogP contribution in [0.15, 0.2) is 52.7 Å². The summed E-state index contributed by atoms with van der Waals surface area (Å²) in [6.07, 6.45) is 3.20. The van der Waals surface area contributed by atoms with Gasteiger partial charge in [0.25, 0.3) is 0 Å². The Hall–Kier alpha value is -2.00. The van der Waals surface area contributed by atoms with Gasteiger partial charge in [-0.3, -0.25) is 4.79 Å². The van der Waals surface area contributed by atoms with E-state index in [4.69, 9.17) is 0 Å². The van der Waals surface area contributed by atoms with Crippen LogP contribution in [-0.2, 0) is 14.8 Å². The summed E-state index contributed by atoms with van der Waals surface area (Å²) in [6.45, 7) is 2.43. The van der Waals surface area contributed by atoms with E-state index in [0.717, 1.165) is 18.0 Å². The molecule has 26 heavy (non-hydrogen) atoms. The molecule has 2 aromatic rings. The number of hydrogen-bond donors (Lipinski definition) is 1. The molecule has 0 aliphatic carbocycles. The van der Waals surface area contributed by atoms with E-state index in [0.29, 0.717) is 18.8 Å². The molecule has 1 N–H and O–H groups in total. The quantitative estimate of drug-likeness (QED) is 0.795. The minimum Gasteiger partial charge on any atom is -0.323 e. The molecule has 1 saturated heterocycles. The highest BCUT2D eigenvalue weighted by molar-refractivity contribution is 7.89. The second-order valence-corrected chi connectivity index (χ2v) is 8.99. The minimum atomic E-state index is -3.49. The maximum Gasteiger partial charge on any atom is 0.248 e. The highest BCUT2D eigenvalue weighted by atomic mass is 32.2. The fraction of sp³-hybridized carbons (Fsp3) is 0.278. The highest BCUT2D eigenvalue weighted by Crippen LogP contribution is 2.20. The van der Waals surface area contributed by atoms with Gasteiger partial charge < -0.3 is 10.2 Å². The molecule has 1 aromatic carbocycles. The molecular weight excluding hydrogens is 370 g/mol. The number of benzene rings is 1. The predicted octanol–water partition coefficient (Wildman–Crippen LogP) is 2.34. The van der Waals surface area contributed by atoms with Crippen molar-refractivity contribution in [3.63, 3.8) is 0 Å². The molecule has 0 unspecified atom stereocenters. The molecule has 1 aromatic heterocycles. The van der Waals surface area contributed by atoms with E-state index in [1.165, 1.54) is 22.5 Å². The molecule has 2 heterocycles. The van der Waals surface area contributed by atoms with Gasteiger partial charge in [0.1, 0.15) is 0 Å². The summed E-state index contributed by atoms with van der Waals surface area (Å²) >= 11 is 1.55. The number of nitrogens with one attached hydrogen (secondary N) is 1. The molecule has 3 rings (SSSR count). The first-order valence-electron chi connectivity index (χ1n) is 8.26. The molecule has 138 valence electrons. The number of piperazine rings is 1. The average Bonchev–Trinajstić information content (AvgIpc) is 3.14. The number of amides is 1. The fourth-order valence-electron chi connectivity index (χ4n) is 2.62. The molecule has 0 atom stereocenters. The third-order valence-corrected chi connectivity index (χ3v) is 6.91. The van der Waals surface area contributed by atoms with Gasteiger partial charge in [-0.2, -0.15) is 4.31 Å². The van der Waals surface area contributed by atoms with Crippen LogP contribution in [-0.4, -0.2) is 56.8 Å². The van der Waals surface area contributed by atoms with E-state index >= 15 is 0 Å². The number of hydrogen-bond acceptors (Lipinski definition) is 5. The van der Waals surface area contributed by atoms with E-state index in [1.807, 2.05) is 24.6 Å². The normalized spacial score (nSPS) is 16.8. The summed E-state index contributed by atoms with van der Waals surface area (Å²) in [6, 6.07) is 10.1. The average molecular weight is 392 g/mol. The lowest BCUT2D eigenvalue weighted by Gasteiger charge is -2.31. The highest BCUT2D eigenvalue weighted by Gasteiger charge is 2.27. The van der Waals surface area contributed by atoms with Gasteiger partial charge in [0.15, 0.2) is 0 Å². The van der Waals surface area contributed by atoms with E-state index in [-0.39, 0.29) is 10.8 Å². The molecule has 6 nitrogen and oxygen atoms in total. The summed E-state index contributed by atoms with van der Waals surface area (Å²) in [5, 5.41) is 4.67. The number of carbonyl (C=O) groups is 1. The fourth-order valence-corrected chi connectivity index (χ4v) is 4.66. The zero-order valence-corrected chi connectivity index (χ0v) is 16.1. The number of likely N-dealkylation sites (N-methyl/N-ethyl adjacent to an activating group) is 1. The van der Waals surface area contributed by atoms with Crippen LogP contribution in [0.4, 0.5) is 5.69 Å². The summed E-state index contributed by atoms with van der Waals surface area (Å²) in [4.78, 5) is 15.3. The Morgan fingerprint density at radius 1 is 1.12 bits per heavy atom. The Morgan fingerprint density at radius 2 is 1.81 bits per heavy atom. The number of rotatable bonds is 5. The number of sulfonamides is 1. The van der Waals surface area contributed by atoms with Crippen LogP contribution in [0.3, 0.4) is 0 Å². The van der Waals surface area contributed by atoms with Crippen LogP contribution >= 0.6 is 11.3 Å². The Labute approximate surface area is 157 Å². The molecule has 0 saturated carbocycles. The molecule has 1 amide bonds. The maximum atomic E-state index is 12.7. The standard InChI is InChI=1S/C18H21N3O3S2/c1-20-10-12-21(13-11-20)26(23,24)17-7-4-15(5-8-17)19-18(22)9-6-16-3-2-14-25-16/h2-9,14H,10-13H2,1H3,(H,19,22)/b9-6+. The summed E-state index contributed by atoms with van der Waals surface area (Å²) in [5.74, 6) is -0.256. The summed E-state index contributed by atoms with van der Waals surface area (Å²) in [5.41, 5.74) is 0.558. The van der Waals surface area contributed by atoms with Gasteiger partial charge in [-0.25, -0.2) is 8.42 Å². The number of carbonyl (C=O) groups excluding carboxylic acids is 1. The SMILES string of the molecule is CN1CCN(S(=O)(=O)c2ccc(NC(=O)/C=C/c3cccs3)cc2)CC1. The van der Waals surface area contributed by atoms with Gasteiger partial charge >= 0.3 is 0 Å². The van der Waals surface area contributed by atoms with Crippen molar-refractivity contribution in [1.29, 1.82) is 0 Å². The topological polar surface area (TPSA) is 69.7 Å². The lowest BCUT2D eigenvalue weighted by molar-refractivity contribution is -0.111. The zero-order chi connectivity index (χ0) is 18.6. The monoisotopic (exact) mass is 391 g/mol. The van der Waals surface area contributed by atoms with Crippen molar-refractivity contribution in [2.24, 2.45) is 0 Å². The van der Waals surface area contributed by atoms with Crippen molar-refractivity contribution >= 4 is 39.0 Å². The number of anilines is 1.